The zero-order chi connectivity index (χ0) is 14.1. The predicted octanol–water partition coefficient (Wildman–Crippen LogP) is 3.55. The number of fused-ring (bicyclic) bond motifs is 1. The molecule has 0 radical (unpaired) electrons. The van der Waals surface area contributed by atoms with Gasteiger partial charge in [-0.25, -0.2) is 0 Å². The number of aryl methyl sites for hydroxylation is 2. The minimum atomic E-state index is 0.435. The number of nitrogens with one attached hydrogen (secondary N) is 1. The molecule has 0 spiro atoms. The SMILES string of the molecule is COc1cc(C)c(C2CNCc3ccccc32)cc1C. The summed E-state index contributed by atoms with van der Waals surface area (Å²) in [7, 11) is 1.74. The van der Waals surface area contributed by atoms with E-state index in [0.717, 1.165) is 18.8 Å². The predicted molar refractivity (Wildman–Crippen MR) is 82.5 cm³/mol. The molecule has 0 bridgehead atoms. The smallest absolute Gasteiger partial charge is 0.122 e. The Balaban J connectivity index is 2.09. The Morgan fingerprint density at radius 3 is 2.65 bits per heavy atom. The maximum atomic E-state index is 5.42. The van der Waals surface area contributed by atoms with Gasteiger partial charge in [-0.3, -0.25) is 0 Å². The molecular weight excluding hydrogens is 246 g/mol. The van der Waals surface area contributed by atoms with Gasteiger partial charge >= 0.3 is 0 Å². The van der Waals surface area contributed by atoms with Gasteiger partial charge in [0.2, 0.25) is 0 Å². The Bertz CT molecular complexity index is 633. The zero-order valence-corrected chi connectivity index (χ0v) is 12.4. The molecule has 0 saturated carbocycles. The van der Waals surface area contributed by atoms with Crippen LogP contribution in [0.4, 0.5) is 0 Å². The minimum absolute atomic E-state index is 0.435. The normalized spacial score (nSPS) is 17.6. The summed E-state index contributed by atoms with van der Waals surface area (Å²) in [5.74, 6) is 1.41. The maximum Gasteiger partial charge on any atom is 0.122 e. The van der Waals surface area contributed by atoms with Crippen molar-refractivity contribution in [2.24, 2.45) is 0 Å². The molecule has 0 saturated heterocycles. The fraction of sp³-hybridized carbons (Fsp3) is 0.333. The second-order valence-electron chi connectivity index (χ2n) is 5.56. The summed E-state index contributed by atoms with van der Waals surface area (Å²) >= 11 is 0. The molecule has 3 rings (SSSR count). The van der Waals surface area contributed by atoms with E-state index in [0.29, 0.717) is 5.92 Å². The summed E-state index contributed by atoms with van der Waals surface area (Å²) in [6.07, 6.45) is 0. The Kier molecular flexibility index (Phi) is 3.49. The fourth-order valence-electron chi connectivity index (χ4n) is 3.18. The number of rotatable bonds is 2. The first-order chi connectivity index (χ1) is 9.70. The molecular formula is C18H21NO. The molecule has 2 nitrogen and oxygen atoms in total. The van der Waals surface area contributed by atoms with Crippen molar-refractivity contribution in [3.63, 3.8) is 0 Å². The first-order valence-corrected chi connectivity index (χ1v) is 7.14. The quantitative estimate of drug-likeness (QED) is 0.898. The minimum Gasteiger partial charge on any atom is -0.496 e. The van der Waals surface area contributed by atoms with Crippen LogP contribution in [0.3, 0.4) is 0 Å². The third-order valence-electron chi connectivity index (χ3n) is 4.25. The molecule has 2 heteroatoms. The Hall–Kier alpha value is -1.80. The van der Waals surface area contributed by atoms with Gasteiger partial charge in [0.05, 0.1) is 7.11 Å². The van der Waals surface area contributed by atoms with Gasteiger partial charge in [0.25, 0.3) is 0 Å². The van der Waals surface area contributed by atoms with E-state index in [4.69, 9.17) is 4.74 Å². The summed E-state index contributed by atoms with van der Waals surface area (Å²) in [5, 5.41) is 3.53. The van der Waals surface area contributed by atoms with Crippen LogP contribution in [0.2, 0.25) is 0 Å². The first-order valence-electron chi connectivity index (χ1n) is 7.14. The fourth-order valence-corrected chi connectivity index (χ4v) is 3.18. The van der Waals surface area contributed by atoms with Crippen LogP contribution < -0.4 is 10.1 Å². The van der Waals surface area contributed by atoms with E-state index in [-0.39, 0.29) is 0 Å². The highest BCUT2D eigenvalue weighted by molar-refractivity contribution is 5.48. The Labute approximate surface area is 120 Å². The third kappa shape index (κ3) is 2.20. The lowest BCUT2D eigenvalue weighted by atomic mass is 9.83. The molecule has 104 valence electrons. The van der Waals surface area contributed by atoms with E-state index in [9.17, 15) is 0 Å². The maximum absolute atomic E-state index is 5.42. The summed E-state index contributed by atoms with van der Waals surface area (Å²) in [6.45, 7) is 6.27. The molecule has 1 aliphatic heterocycles. The molecule has 2 aromatic carbocycles. The van der Waals surface area contributed by atoms with Gasteiger partial charge in [-0.15, -0.1) is 0 Å². The molecule has 0 aliphatic carbocycles. The highest BCUT2D eigenvalue weighted by atomic mass is 16.5. The molecule has 1 N–H and O–H groups in total. The van der Waals surface area contributed by atoms with Crippen molar-refractivity contribution in [3.05, 3.63) is 64.2 Å². The van der Waals surface area contributed by atoms with Crippen LogP contribution in [0.15, 0.2) is 36.4 Å². The first kappa shape index (κ1) is 13.2. The molecule has 0 amide bonds. The van der Waals surface area contributed by atoms with Gasteiger partial charge in [-0.05, 0) is 47.7 Å². The number of hydrogen-bond acceptors (Lipinski definition) is 2. The average molecular weight is 267 g/mol. The van der Waals surface area contributed by atoms with Crippen LogP contribution in [0.25, 0.3) is 0 Å². The molecule has 0 aromatic heterocycles. The summed E-state index contributed by atoms with van der Waals surface area (Å²) in [5.41, 5.74) is 6.78. The molecule has 1 unspecified atom stereocenters. The summed E-state index contributed by atoms with van der Waals surface area (Å²) in [6, 6.07) is 13.2. The van der Waals surface area contributed by atoms with E-state index in [1.54, 1.807) is 7.11 Å². The van der Waals surface area contributed by atoms with E-state index in [2.05, 4.69) is 55.6 Å². The van der Waals surface area contributed by atoms with Crippen LogP contribution in [0.1, 0.15) is 33.7 Å². The summed E-state index contributed by atoms with van der Waals surface area (Å²) < 4.78 is 5.42. The van der Waals surface area contributed by atoms with Crippen molar-refractivity contribution in [1.82, 2.24) is 5.32 Å². The van der Waals surface area contributed by atoms with Gasteiger partial charge in [-0.1, -0.05) is 30.3 Å². The van der Waals surface area contributed by atoms with Crippen LogP contribution in [-0.2, 0) is 6.54 Å². The van der Waals surface area contributed by atoms with Gasteiger partial charge in [0.15, 0.2) is 0 Å². The lowest BCUT2D eigenvalue weighted by Gasteiger charge is -2.28. The van der Waals surface area contributed by atoms with E-state index in [1.807, 2.05) is 0 Å². The second kappa shape index (κ2) is 5.29. The van der Waals surface area contributed by atoms with E-state index in [1.165, 1.54) is 27.8 Å². The van der Waals surface area contributed by atoms with Crippen molar-refractivity contribution < 1.29 is 4.74 Å². The van der Waals surface area contributed by atoms with E-state index < -0.39 is 0 Å². The largest absolute Gasteiger partial charge is 0.496 e. The van der Waals surface area contributed by atoms with Crippen molar-refractivity contribution in [1.29, 1.82) is 0 Å². The number of benzene rings is 2. The molecule has 2 aromatic rings. The lowest BCUT2D eigenvalue weighted by molar-refractivity contribution is 0.411. The highest BCUT2D eigenvalue weighted by Gasteiger charge is 2.23. The van der Waals surface area contributed by atoms with Crippen LogP contribution in [-0.4, -0.2) is 13.7 Å². The van der Waals surface area contributed by atoms with Crippen molar-refractivity contribution in [2.75, 3.05) is 13.7 Å². The molecule has 1 atom stereocenters. The van der Waals surface area contributed by atoms with E-state index >= 15 is 0 Å². The number of ether oxygens (including phenoxy) is 1. The topological polar surface area (TPSA) is 21.3 Å². The number of hydrogen-bond donors (Lipinski definition) is 1. The summed E-state index contributed by atoms with van der Waals surface area (Å²) in [4.78, 5) is 0. The zero-order valence-electron chi connectivity index (χ0n) is 12.4. The molecule has 1 aliphatic rings. The van der Waals surface area contributed by atoms with Crippen molar-refractivity contribution in [3.8, 4) is 5.75 Å². The van der Waals surface area contributed by atoms with Crippen LogP contribution in [0.5, 0.6) is 5.75 Å². The average Bonchev–Trinajstić information content (AvgIpc) is 2.48. The monoisotopic (exact) mass is 267 g/mol. The standard InChI is InChI=1S/C18H21NO/c1-12-9-18(20-3)13(2)8-16(12)17-11-19-10-14-6-4-5-7-15(14)17/h4-9,17,19H,10-11H2,1-3H3. The Morgan fingerprint density at radius 2 is 1.85 bits per heavy atom. The van der Waals surface area contributed by atoms with Crippen molar-refractivity contribution in [2.45, 2.75) is 26.3 Å². The van der Waals surface area contributed by atoms with Gasteiger partial charge in [0, 0.05) is 19.0 Å². The second-order valence-corrected chi connectivity index (χ2v) is 5.56. The molecule has 0 fully saturated rings. The highest BCUT2D eigenvalue weighted by Crippen LogP contribution is 2.34. The van der Waals surface area contributed by atoms with Gasteiger partial charge in [-0.2, -0.15) is 0 Å². The lowest BCUT2D eigenvalue weighted by Crippen LogP contribution is -2.29. The van der Waals surface area contributed by atoms with Gasteiger partial charge in [0.1, 0.15) is 5.75 Å². The Morgan fingerprint density at radius 1 is 1.05 bits per heavy atom. The molecule has 20 heavy (non-hydrogen) atoms. The van der Waals surface area contributed by atoms with Crippen LogP contribution >= 0.6 is 0 Å². The number of methoxy groups -OCH3 is 1. The third-order valence-corrected chi connectivity index (χ3v) is 4.25. The molecule has 1 heterocycles. The van der Waals surface area contributed by atoms with Gasteiger partial charge < -0.3 is 10.1 Å². The van der Waals surface area contributed by atoms with Crippen molar-refractivity contribution >= 4 is 0 Å². The van der Waals surface area contributed by atoms with Crippen LogP contribution in [0, 0.1) is 13.8 Å².